The minimum atomic E-state index is -0.383. The molecule has 0 spiro atoms. The normalized spacial score (nSPS) is 19.2. The lowest BCUT2D eigenvalue weighted by atomic mass is 9.79. The standard InChI is InChI=1S/C17H23N3O/c1-2-10-20-17(18-12-19-20)11-16(21)15-9-5-7-13-6-3-4-8-14(13)15/h3-4,6,8,12,15-16,21H,2,5,7,9-11H2,1H3. The molecule has 0 bridgehead atoms. The summed E-state index contributed by atoms with van der Waals surface area (Å²) in [5.41, 5.74) is 2.71. The molecule has 0 fully saturated rings. The maximum absolute atomic E-state index is 10.7. The number of fused-ring (bicyclic) bond motifs is 1. The van der Waals surface area contributed by atoms with Crippen molar-refractivity contribution in [1.82, 2.24) is 14.8 Å². The van der Waals surface area contributed by atoms with Gasteiger partial charge in [-0.2, -0.15) is 5.10 Å². The van der Waals surface area contributed by atoms with Gasteiger partial charge in [0.25, 0.3) is 0 Å². The molecule has 3 rings (SSSR count). The molecule has 0 aliphatic heterocycles. The van der Waals surface area contributed by atoms with Crippen LogP contribution in [0.25, 0.3) is 0 Å². The average Bonchev–Trinajstić information content (AvgIpc) is 2.94. The van der Waals surface area contributed by atoms with Gasteiger partial charge in [0.15, 0.2) is 0 Å². The first-order valence-corrected chi connectivity index (χ1v) is 7.92. The topological polar surface area (TPSA) is 50.9 Å². The third-order valence-electron chi connectivity index (χ3n) is 4.40. The fraction of sp³-hybridized carbons (Fsp3) is 0.529. The van der Waals surface area contributed by atoms with Crippen LogP contribution in [0.15, 0.2) is 30.6 Å². The molecule has 0 saturated heterocycles. The maximum atomic E-state index is 10.7. The van der Waals surface area contributed by atoms with Crippen LogP contribution >= 0.6 is 0 Å². The summed E-state index contributed by atoms with van der Waals surface area (Å²) < 4.78 is 1.91. The van der Waals surface area contributed by atoms with Crippen molar-refractivity contribution in [2.45, 2.75) is 57.6 Å². The van der Waals surface area contributed by atoms with E-state index in [0.29, 0.717) is 6.42 Å². The molecule has 21 heavy (non-hydrogen) atoms. The molecule has 0 saturated carbocycles. The number of nitrogens with zero attached hydrogens (tertiary/aromatic N) is 3. The van der Waals surface area contributed by atoms with Crippen molar-refractivity contribution in [2.75, 3.05) is 0 Å². The van der Waals surface area contributed by atoms with Gasteiger partial charge in [-0.25, -0.2) is 4.98 Å². The van der Waals surface area contributed by atoms with Crippen molar-refractivity contribution >= 4 is 0 Å². The Hall–Kier alpha value is -1.68. The molecule has 2 unspecified atom stereocenters. The molecule has 2 aromatic rings. The van der Waals surface area contributed by atoms with Crippen LogP contribution < -0.4 is 0 Å². The molecule has 2 atom stereocenters. The molecule has 112 valence electrons. The zero-order chi connectivity index (χ0) is 14.7. The monoisotopic (exact) mass is 285 g/mol. The summed E-state index contributed by atoms with van der Waals surface area (Å²) in [6.07, 6.45) is 6.15. The summed E-state index contributed by atoms with van der Waals surface area (Å²) in [5, 5.41) is 14.9. The summed E-state index contributed by atoms with van der Waals surface area (Å²) in [4.78, 5) is 4.32. The first-order valence-electron chi connectivity index (χ1n) is 7.92. The van der Waals surface area contributed by atoms with E-state index in [0.717, 1.165) is 38.1 Å². The highest BCUT2D eigenvalue weighted by Crippen LogP contribution is 2.34. The molecular formula is C17H23N3O. The van der Waals surface area contributed by atoms with Crippen LogP contribution in [0.4, 0.5) is 0 Å². The number of aryl methyl sites for hydroxylation is 2. The Balaban J connectivity index is 1.77. The van der Waals surface area contributed by atoms with Crippen LogP contribution in [-0.2, 0) is 19.4 Å². The lowest BCUT2D eigenvalue weighted by Crippen LogP contribution is -2.26. The Kier molecular flexibility index (Phi) is 4.34. The van der Waals surface area contributed by atoms with E-state index in [1.165, 1.54) is 11.1 Å². The molecular weight excluding hydrogens is 262 g/mol. The number of aliphatic hydroxyl groups excluding tert-OH is 1. The third-order valence-corrected chi connectivity index (χ3v) is 4.40. The lowest BCUT2D eigenvalue weighted by Gasteiger charge is -2.29. The Bertz CT molecular complexity index is 593. The molecule has 0 amide bonds. The van der Waals surface area contributed by atoms with E-state index in [2.05, 4.69) is 41.3 Å². The number of hydrogen-bond donors (Lipinski definition) is 1. The van der Waals surface area contributed by atoms with Crippen molar-refractivity contribution in [3.05, 3.63) is 47.5 Å². The molecule has 4 nitrogen and oxygen atoms in total. The number of aromatic nitrogens is 3. The molecule has 1 aromatic heterocycles. The van der Waals surface area contributed by atoms with Gasteiger partial charge in [-0.15, -0.1) is 0 Å². The van der Waals surface area contributed by atoms with Crippen molar-refractivity contribution in [1.29, 1.82) is 0 Å². The molecule has 1 aliphatic carbocycles. The number of rotatable bonds is 5. The Labute approximate surface area is 125 Å². The number of benzene rings is 1. The highest BCUT2D eigenvalue weighted by atomic mass is 16.3. The van der Waals surface area contributed by atoms with E-state index in [4.69, 9.17) is 0 Å². The second-order valence-electron chi connectivity index (χ2n) is 5.87. The number of aliphatic hydroxyl groups is 1. The summed E-state index contributed by atoms with van der Waals surface area (Å²) in [5.74, 6) is 1.12. The van der Waals surface area contributed by atoms with Gasteiger partial charge >= 0.3 is 0 Å². The Morgan fingerprint density at radius 3 is 3.10 bits per heavy atom. The average molecular weight is 285 g/mol. The summed E-state index contributed by atoms with van der Waals surface area (Å²) >= 11 is 0. The van der Waals surface area contributed by atoms with E-state index in [9.17, 15) is 5.11 Å². The predicted octanol–water partition coefficient (Wildman–Crippen LogP) is 2.71. The second kappa shape index (κ2) is 6.39. The summed E-state index contributed by atoms with van der Waals surface area (Å²) in [7, 11) is 0. The van der Waals surface area contributed by atoms with Crippen molar-refractivity contribution < 1.29 is 5.11 Å². The molecule has 1 N–H and O–H groups in total. The predicted molar refractivity (Wildman–Crippen MR) is 82.1 cm³/mol. The molecule has 4 heteroatoms. The quantitative estimate of drug-likeness (QED) is 0.919. The van der Waals surface area contributed by atoms with Gasteiger partial charge in [-0.05, 0) is 36.8 Å². The van der Waals surface area contributed by atoms with Gasteiger partial charge in [0.1, 0.15) is 12.2 Å². The van der Waals surface area contributed by atoms with Gasteiger partial charge in [0.05, 0.1) is 6.10 Å². The zero-order valence-electron chi connectivity index (χ0n) is 12.6. The molecule has 0 radical (unpaired) electrons. The maximum Gasteiger partial charge on any atom is 0.138 e. The smallest absolute Gasteiger partial charge is 0.138 e. The Morgan fingerprint density at radius 1 is 1.38 bits per heavy atom. The van der Waals surface area contributed by atoms with Gasteiger partial charge in [0, 0.05) is 18.9 Å². The fourth-order valence-corrected chi connectivity index (χ4v) is 3.37. The Morgan fingerprint density at radius 2 is 2.24 bits per heavy atom. The molecule has 1 heterocycles. The van der Waals surface area contributed by atoms with Crippen LogP contribution in [0.3, 0.4) is 0 Å². The highest BCUT2D eigenvalue weighted by molar-refractivity contribution is 5.33. The van der Waals surface area contributed by atoms with E-state index >= 15 is 0 Å². The SMILES string of the molecule is CCCn1ncnc1CC(O)C1CCCc2ccccc21. The van der Waals surface area contributed by atoms with Crippen LogP contribution in [0.2, 0.25) is 0 Å². The van der Waals surface area contributed by atoms with Crippen LogP contribution in [-0.4, -0.2) is 26.0 Å². The van der Waals surface area contributed by atoms with E-state index in [1.807, 2.05) is 4.68 Å². The fourth-order valence-electron chi connectivity index (χ4n) is 3.37. The van der Waals surface area contributed by atoms with Crippen molar-refractivity contribution in [2.24, 2.45) is 0 Å². The van der Waals surface area contributed by atoms with E-state index in [1.54, 1.807) is 6.33 Å². The van der Waals surface area contributed by atoms with E-state index < -0.39 is 0 Å². The minimum Gasteiger partial charge on any atom is -0.392 e. The second-order valence-corrected chi connectivity index (χ2v) is 5.87. The lowest BCUT2D eigenvalue weighted by molar-refractivity contribution is 0.131. The van der Waals surface area contributed by atoms with Crippen molar-refractivity contribution in [3.63, 3.8) is 0 Å². The summed E-state index contributed by atoms with van der Waals surface area (Å²) in [6, 6.07) is 8.52. The highest BCUT2D eigenvalue weighted by Gasteiger charge is 2.27. The van der Waals surface area contributed by atoms with Gasteiger partial charge in [-0.3, -0.25) is 4.68 Å². The minimum absolute atomic E-state index is 0.224. The van der Waals surface area contributed by atoms with Crippen LogP contribution in [0.5, 0.6) is 0 Å². The van der Waals surface area contributed by atoms with E-state index in [-0.39, 0.29) is 12.0 Å². The summed E-state index contributed by atoms with van der Waals surface area (Å²) in [6.45, 7) is 2.99. The van der Waals surface area contributed by atoms with Gasteiger partial charge < -0.3 is 5.11 Å². The van der Waals surface area contributed by atoms with Gasteiger partial charge in [-0.1, -0.05) is 31.2 Å². The first-order chi connectivity index (χ1) is 10.3. The third kappa shape index (κ3) is 3.00. The molecule has 1 aromatic carbocycles. The van der Waals surface area contributed by atoms with Crippen molar-refractivity contribution in [3.8, 4) is 0 Å². The zero-order valence-corrected chi connectivity index (χ0v) is 12.6. The van der Waals surface area contributed by atoms with Crippen LogP contribution in [0.1, 0.15) is 49.1 Å². The van der Waals surface area contributed by atoms with Crippen LogP contribution in [0, 0.1) is 0 Å². The largest absolute Gasteiger partial charge is 0.392 e. The first kappa shape index (κ1) is 14.3. The molecule has 1 aliphatic rings. The van der Waals surface area contributed by atoms with Gasteiger partial charge in [0.2, 0.25) is 0 Å². The number of hydrogen-bond acceptors (Lipinski definition) is 3.